The maximum Gasteiger partial charge on any atom is 0.244 e. The lowest BCUT2D eigenvalue weighted by atomic mass is 10.0. The summed E-state index contributed by atoms with van der Waals surface area (Å²) in [5.41, 5.74) is 3.57. The highest BCUT2D eigenvalue weighted by Crippen LogP contribution is 2.29. The number of halogens is 2. The van der Waals surface area contributed by atoms with Crippen molar-refractivity contribution in [2.45, 2.75) is 19.4 Å². The van der Waals surface area contributed by atoms with Gasteiger partial charge in [0.15, 0.2) is 0 Å². The van der Waals surface area contributed by atoms with E-state index in [0.717, 1.165) is 36.7 Å². The third-order valence-corrected chi connectivity index (χ3v) is 4.46. The van der Waals surface area contributed by atoms with E-state index in [4.69, 9.17) is 0 Å². The van der Waals surface area contributed by atoms with Gasteiger partial charge < -0.3 is 10.2 Å². The molecule has 1 N–H and O–H groups in total. The number of nitrogens with zero attached hydrogens (tertiary/aromatic N) is 1. The van der Waals surface area contributed by atoms with Gasteiger partial charge in [-0.3, -0.25) is 4.79 Å². The maximum absolute atomic E-state index is 13.6. The summed E-state index contributed by atoms with van der Waals surface area (Å²) in [4.78, 5) is 14.3. The number of anilines is 1. The summed E-state index contributed by atoms with van der Waals surface area (Å²) in [6, 6.07) is 9.14. The first-order chi connectivity index (χ1) is 11.9. The molecule has 3 rings (SSSR count). The van der Waals surface area contributed by atoms with Gasteiger partial charge in [0.2, 0.25) is 5.91 Å². The zero-order valence-electron chi connectivity index (χ0n) is 14.2. The van der Waals surface area contributed by atoms with Crippen molar-refractivity contribution in [3.63, 3.8) is 0 Å². The van der Waals surface area contributed by atoms with Crippen LogP contribution in [0.3, 0.4) is 0 Å². The Bertz CT molecular complexity index is 832. The minimum absolute atomic E-state index is 0.0448. The van der Waals surface area contributed by atoms with E-state index in [2.05, 4.69) is 29.4 Å². The molecule has 5 heteroatoms. The highest BCUT2D eigenvalue weighted by molar-refractivity contribution is 5.92. The summed E-state index contributed by atoms with van der Waals surface area (Å²) < 4.78 is 26.7. The fourth-order valence-electron chi connectivity index (χ4n) is 3.01. The molecule has 1 atom stereocenters. The van der Waals surface area contributed by atoms with Gasteiger partial charge in [0, 0.05) is 30.9 Å². The molecule has 2 aromatic carbocycles. The van der Waals surface area contributed by atoms with Crippen LogP contribution < -0.4 is 10.2 Å². The maximum atomic E-state index is 13.6. The summed E-state index contributed by atoms with van der Waals surface area (Å²) in [5, 5.41) is 2.85. The van der Waals surface area contributed by atoms with Gasteiger partial charge in [-0.25, -0.2) is 8.78 Å². The second-order valence-electron chi connectivity index (χ2n) is 6.29. The van der Waals surface area contributed by atoms with Crippen molar-refractivity contribution in [1.29, 1.82) is 0 Å². The van der Waals surface area contributed by atoms with Gasteiger partial charge in [0.05, 0.1) is 6.04 Å². The molecule has 0 radical (unpaired) electrons. The van der Waals surface area contributed by atoms with Gasteiger partial charge in [-0.15, -0.1) is 0 Å². The Labute approximate surface area is 146 Å². The lowest BCUT2D eigenvalue weighted by Gasteiger charge is -2.16. The number of hydrogen-bond donors (Lipinski definition) is 1. The van der Waals surface area contributed by atoms with E-state index in [9.17, 15) is 13.6 Å². The fourth-order valence-corrected chi connectivity index (χ4v) is 3.01. The standard InChI is InChI=1S/C20H20F2N2O/c1-13(14-3-7-19-16(11-14)9-10-24(19)2)23-20(25)8-4-15-12-17(21)5-6-18(15)22/h3-8,11-13H,9-10H2,1-2H3,(H,23,25)/b8-4+. The first kappa shape index (κ1) is 17.1. The highest BCUT2D eigenvalue weighted by Gasteiger charge is 2.17. The van der Waals surface area contributed by atoms with Crippen LogP contribution in [0.25, 0.3) is 6.08 Å². The van der Waals surface area contributed by atoms with Crippen molar-refractivity contribution >= 4 is 17.7 Å². The number of benzene rings is 2. The SMILES string of the molecule is CC(NC(=O)/C=C/c1cc(F)ccc1F)c1ccc2c(c1)CCN2C. The van der Waals surface area contributed by atoms with E-state index in [0.29, 0.717) is 0 Å². The van der Waals surface area contributed by atoms with E-state index in [1.165, 1.54) is 23.4 Å². The van der Waals surface area contributed by atoms with Crippen molar-refractivity contribution in [3.05, 3.63) is 70.8 Å². The van der Waals surface area contributed by atoms with Crippen molar-refractivity contribution < 1.29 is 13.6 Å². The molecule has 1 unspecified atom stereocenters. The van der Waals surface area contributed by atoms with Crippen molar-refractivity contribution in [2.24, 2.45) is 0 Å². The molecule has 130 valence electrons. The van der Waals surface area contributed by atoms with Crippen molar-refractivity contribution in [1.82, 2.24) is 5.32 Å². The third kappa shape index (κ3) is 3.87. The smallest absolute Gasteiger partial charge is 0.244 e. The number of fused-ring (bicyclic) bond motifs is 1. The number of likely N-dealkylation sites (N-methyl/N-ethyl adjacent to an activating group) is 1. The molecule has 1 amide bonds. The van der Waals surface area contributed by atoms with Crippen LogP contribution in [-0.4, -0.2) is 19.5 Å². The van der Waals surface area contributed by atoms with Crippen LogP contribution in [-0.2, 0) is 11.2 Å². The highest BCUT2D eigenvalue weighted by atomic mass is 19.1. The fraction of sp³-hybridized carbons (Fsp3) is 0.250. The quantitative estimate of drug-likeness (QED) is 0.856. The molecule has 25 heavy (non-hydrogen) atoms. The van der Waals surface area contributed by atoms with Gasteiger partial charge in [0.1, 0.15) is 11.6 Å². The summed E-state index contributed by atoms with van der Waals surface area (Å²) in [7, 11) is 2.06. The number of rotatable bonds is 4. The first-order valence-electron chi connectivity index (χ1n) is 8.21. The van der Waals surface area contributed by atoms with E-state index < -0.39 is 11.6 Å². The van der Waals surface area contributed by atoms with Crippen LogP contribution in [0.2, 0.25) is 0 Å². The molecule has 0 aliphatic carbocycles. The van der Waals surface area contributed by atoms with E-state index in [1.54, 1.807) is 0 Å². The van der Waals surface area contributed by atoms with Crippen LogP contribution in [0.15, 0.2) is 42.5 Å². The van der Waals surface area contributed by atoms with E-state index in [-0.39, 0.29) is 17.5 Å². The van der Waals surface area contributed by atoms with Crippen LogP contribution in [0.1, 0.15) is 29.7 Å². The first-order valence-corrected chi connectivity index (χ1v) is 8.21. The average molecular weight is 342 g/mol. The molecule has 0 saturated heterocycles. The molecule has 1 aliphatic rings. The van der Waals surface area contributed by atoms with Gasteiger partial charge in [0.25, 0.3) is 0 Å². The Morgan fingerprint density at radius 2 is 2.04 bits per heavy atom. The zero-order chi connectivity index (χ0) is 18.0. The normalized spacial score (nSPS) is 14.6. The van der Waals surface area contributed by atoms with E-state index in [1.807, 2.05) is 13.0 Å². The average Bonchev–Trinajstić information content (AvgIpc) is 2.96. The Hall–Kier alpha value is -2.69. The van der Waals surface area contributed by atoms with Gasteiger partial charge in [-0.1, -0.05) is 12.1 Å². The van der Waals surface area contributed by atoms with Crippen molar-refractivity contribution in [3.8, 4) is 0 Å². The second kappa shape index (κ2) is 7.05. The molecule has 0 saturated carbocycles. The van der Waals surface area contributed by atoms with Gasteiger partial charge in [-0.05, 0) is 54.8 Å². The van der Waals surface area contributed by atoms with Crippen LogP contribution in [0, 0.1) is 11.6 Å². The monoisotopic (exact) mass is 342 g/mol. The van der Waals surface area contributed by atoms with Crippen LogP contribution in [0.5, 0.6) is 0 Å². The lowest BCUT2D eigenvalue weighted by Crippen LogP contribution is -2.24. The third-order valence-electron chi connectivity index (χ3n) is 4.46. The summed E-state index contributed by atoms with van der Waals surface area (Å²) >= 11 is 0. The lowest BCUT2D eigenvalue weighted by molar-refractivity contribution is -0.117. The molecular weight excluding hydrogens is 322 g/mol. The molecule has 3 nitrogen and oxygen atoms in total. The largest absolute Gasteiger partial charge is 0.374 e. The molecule has 1 aliphatic heterocycles. The van der Waals surface area contributed by atoms with Crippen LogP contribution in [0.4, 0.5) is 14.5 Å². The van der Waals surface area contributed by atoms with Gasteiger partial charge >= 0.3 is 0 Å². The Balaban J connectivity index is 1.66. The predicted octanol–water partition coefficient (Wildman–Crippen LogP) is 3.85. The van der Waals surface area contributed by atoms with Crippen LogP contribution >= 0.6 is 0 Å². The Morgan fingerprint density at radius 1 is 1.24 bits per heavy atom. The Kier molecular flexibility index (Phi) is 4.83. The molecule has 0 aromatic heterocycles. The zero-order valence-corrected chi connectivity index (χ0v) is 14.2. The minimum atomic E-state index is -0.568. The number of nitrogens with one attached hydrogen (secondary N) is 1. The summed E-state index contributed by atoms with van der Waals surface area (Å²) in [6.07, 6.45) is 3.49. The molecule has 2 aromatic rings. The number of carbonyl (C=O) groups excluding carboxylic acids is 1. The molecule has 1 heterocycles. The number of amides is 1. The molecular formula is C20H20F2N2O. The topological polar surface area (TPSA) is 32.3 Å². The summed E-state index contributed by atoms with van der Waals surface area (Å²) in [6.45, 7) is 2.90. The number of carbonyl (C=O) groups is 1. The minimum Gasteiger partial charge on any atom is -0.374 e. The second-order valence-corrected chi connectivity index (χ2v) is 6.29. The Morgan fingerprint density at radius 3 is 2.84 bits per heavy atom. The summed E-state index contributed by atoms with van der Waals surface area (Å²) in [5.74, 6) is -1.46. The van der Waals surface area contributed by atoms with Crippen molar-refractivity contribution in [2.75, 3.05) is 18.5 Å². The molecule has 0 bridgehead atoms. The molecule has 0 fully saturated rings. The molecule has 0 spiro atoms. The van der Waals surface area contributed by atoms with E-state index >= 15 is 0 Å². The van der Waals surface area contributed by atoms with Gasteiger partial charge in [-0.2, -0.15) is 0 Å². The number of hydrogen-bond acceptors (Lipinski definition) is 2. The predicted molar refractivity (Wildman–Crippen MR) is 95.4 cm³/mol.